The highest BCUT2D eigenvalue weighted by Gasteiger charge is 2.18. The van der Waals surface area contributed by atoms with Crippen molar-refractivity contribution in [1.29, 1.82) is 0 Å². The molecule has 1 aromatic heterocycles. The van der Waals surface area contributed by atoms with Crippen LogP contribution in [-0.2, 0) is 26.1 Å². The number of nitrogens with one attached hydrogen (secondary N) is 1. The summed E-state index contributed by atoms with van der Waals surface area (Å²) in [5.74, 6) is 1.10. The Hall–Kier alpha value is -1.58. The van der Waals surface area contributed by atoms with Crippen molar-refractivity contribution in [2.45, 2.75) is 33.0 Å². The Morgan fingerprint density at radius 2 is 2.05 bits per heavy atom. The monoisotopic (exact) mass is 270 g/mol. The molecule has 0 bridgehead atoms. The van der Waals surface area contributed by atoms with Crippen LogP contribution in [0.25, 0.3) is 0 Å². The fourth-order valence-corrected chi connectivity index (χ4v) is 2.82. The van der Waals surface area contributed by atoms with Crippen molar-refractivity contribution in [2.24, 2.45) is 0 Å². The molecule has 0 radical (unpaired) electrons. The minimum absolute atomic E-state index is 0.896. The van der Waals surface area contributed by atoms with Crippen LogP contribution in [0, 0.1) is 0 Å². The smallest absolute Gasteiger partial charge is 0.122 e. The Bertz CT molecular complexity index is 562. The summed E-state index contributed by atoms with van der Waals surface area (Å²) < 4.78 is 5.67. The summed E-state index contributed by atoms with van der Waals surface area (Å²) in [6.45, 7) is 7.05. The predicted molar refractivity (Wildman–Crippen MR) is 80.3 cm³/mol. The van der Waals surface area contributed by atoms with Crippen molar-refractivity contribution in [3.05, 3.63) is 59.0 Å². The molecule has 0 spiro atoms. The molecule has 2 heterocycles. The molecule has 1 aliphatic rings. The quantitative estimate of drug-likeness (QED) is 0.905. The summed E-state index contributed by atoms with van der Waals surface area (Å²) in [5, 5.41) is 3.37. The minimum atomic E-state index is 0.896. The van der Waals surface area contributed by atoms with Crippen LogP contribution in [0.4, 0.5) is 0 Å². The van der Waals surface area contributed by atoms with Gasteiger partial charge in [0.1, 0.15) is 5.76 Å². The van der Waals surface area contributed by atoms with E-state index in [-0.39, 0.29) is 0 Å². The van der Waals surface area contributed by atoms with Crippen LogP contribution in [0.3, 0.4) is 0 Å². The first-order valence-electron chi connectivity index (χ1n) is 7.42. The molecule has 1 aromatic carbocycles. The lowest BCUT2D eigenvalue weighted by molar-refractivity contribution is 0.224. The van der Waals surface area contributed by atoms with E-state index in [4.69, 9.17) is 4.42 Å². The second-order valence-electron chi connectivity index (χ2n) is 5.38. The van der Waals surface area contributed by atoms with Gasteiger partial charge in [-0.3, -0.25) is 4.90 Å². The molecule has 1 N–H and O–H groups in total. The van der Waals surface area contributed by atoms with Crippen LogP contribution in [0.2, 0.25) is 0 Å². The molecule has 3 heteroatoms. The van der Waals surface area contributed by atoms with E-state index in [1.807, 2.05) is 0 Å². The standard InChI is InChI=1S/C17H22N2O/c1-2-18-11-15-8-10-20-17(15)13-19-9-7-14-5-3-4-6-16(14)12-19/h3-6,8,10,18H,2,7,9,11-13H2,1H3. The van der Waals surface area contributed by atoms with Crippen LogP contribution >= 0.6 is 0 Å². The van der Waals surface area contributed by atoms with Crippen molar-refractivity contribution < 1.29 is 4.42 Å². The van der Waals surface area contributed by atoms with Gasteiger partial charge >= 0.3 is 0 Å². The average Bonchev–Trinajstić information content (AvgIpc) is 2.92. The molecule has 0 saturated carbocycles. The summed E-state index contributed by atoms with van der Waals surface area (Å²) in [4.78, 5) is 2.47. The van der Waals surface area contributed by atoms with Gasteiger partial charge in [0.05, 0.1) is 12.8 Å². The fraction of sp³-hybridized carbons (Fsp3) is 0.412. The molecule has 0 aliphatic carbocycles. The zero-order chi connectivity index (χ0) is 13.8. The molecule has 2 aromatic rings. The van der Waals surface area contributed by atoms with Gasteiger partial charge in [-0.15, -0.1) is 0 Å². The third-order valence-corrected chi connectivity index (χ3v) is 3.98. The van der Waals surface area contributed by atoms with Gasteiger partial charge in [0, 0.05) is 25.2 Å². The van der Waals surface area contributed by atoms with Crippen molar-refractivity contribution in [3.63, 3.8) is 0 Å². The second-order valence-corrected chi connectivity index (χ2v) is 5.38. The van der Waals surface area contributed by atoms with Crippen LogP contribution in [0.15, 0.2) is 41.0 Å². The summed E-state index contributed by atoms with van der Waals surface area (Å²) in [6, 6.07) is 10.8. The number of furan rings is 1. The number of hydrogen-bond acceptors (Lipinski definition) is 3. The van der Waals surface area contributed by atoms with E-state index in [1.54, 1.807) is 6.26 Å². The normalized spacial score (nSPS) is 15.2. The molecule has 0 fully saturated rings. The van der Waals surface area contributed by atoms with Gasteiger partial charge in [-0.1, -0.05) is 31.2 Å². The van der Waals surface area contributed by atoms with Crippen LogP contribution in [-0.4, -0.2) is 18.0 Å². The van der Waals surface area contributed by atoms with E-state index >= 15 is 0 Å². The van der Waals surface area contributed by atoms with E-state index in [9.17, 15) is 0 Å². The maximum Gasteiger partial charge on any atom is 0.122 e. The minimum Gasteiger partial charge on any atom is -0.468 e. The van der Waals surface area contributed by atoms with Gasteiger partial charge in [0.2, 0.25) is 0 Å². The maximum absolute atomic E-state index is 5.67. The van der Waals surface area contributed by atoms with Crippen molar-refractivity contribution in [1.82, 2.24) is 10.2 Å². The van der Waals surface area contributed by atoms with Crippen molar-refractivity contribution in [2.75, 3.05) is 13.1 Å². The molecule has 1 aliphatic heterocycles. The Balaban J connectivity index is 1.66. The molecule has 3 rings (SSSR count). The Morgan fingerprint density at radius 1 is 1.20 bits per heavy atom. The first-order valence-corrected chi connectivity index (χ1v) is 7.42. The predicted octanol–water partition coefficient (Wildman–Crippen LogP) is 2.95. The highest BCUT2D eigenvalue weighted by Crippen LogP contribution is 2.21. The number of rotatable bonds is 5. The second kappa shape index (κ2) is 6.25. The van der Waals surface area contributed by atoms with Crippen molar-refractivity contribution in [3.8, 4) is 0 Å². The van der Waals surface area contributed by atoms with E-state index in [1.165, 1.54) is 16.7 Å². The Kier molecular flexibility index (Phi) is 4.19. The van der Waals surface area contributed by atoms with Crippen molar-refractivity contribution >= 4 is 0 Å². The third kappa shape index (κ3) is 2.94. The molecular formula is C17H22N2O. The highest BCUT2D eigenvalue weighted by molar-refractivity contribution is 5.29. The summed E-state index contributed by atoms with van der Waals surface area (Å²) in [5.41, 5.74) is 4.24. The number of fused-ring (bicyclic) bond motifs is 1. The number of benzene rings is 1. The molecular weight excluding hydrogens is 248 g/mol. The van der Waals surface area contributed by atoms with Crippen LogP contribution in [0.1, 0.15) is 29.4 Å². The number of hydrogen-bond donors (Lipinski definition) is 1. The highest BCUT2D eigenvalue weighted by atomic mass is 16.3. The van der Waals surface area contributed by atoms with Crippen LogP contribution < -0.4 is 5.32 Å². The van der Waals surface area contributed by atoms with Gasteiger partial charge in [-0.2, -0.15) is 0 Å². The fourth-order valence-electron chi connectivity index (χ4n) is 2.82. The topological polar surface area (TPSA) is 28.4 Å². The van der Waals surface area contributed by atoms with E-state index < -0.39 is 0 Å². The SMILES string of the molecule is CCNCc1ccoc1CN1CCc2ccccc2C1. The first-order chi connectivity index (χ1) is 9.86. The first kappa shape index (κ1) is 13.4. The Labute approximate surface area is 120 Å². The largest absolute Gasteiger partial charge is 0.468 e. The molecule has 0 unspecified atom stereocenters. The van der Waals surface area contributed by atoms with E-state index in [0.717, 1.165) is 44.9 Å². The summed E-state index contributed by atoms with van der Waals surface area (Å²) >= 11 is 0. The third-order valence-electron chi connectivity index (χ3n) is 3.98. The average molecular weight is 270 g/mol. The summed E-state index contributed by atoms with van der Waals surface area (Å²) in [6.07, 6.45) is 2.94. The lowest BCUT2D eigenvalue weighted by atomic mass is 10.00. The van der Waals surface area contributed by atoms with Gasteiger partial charge in [0.15, 0.2) is 0 Å². The van der Waals surface area contributed by atoms with E-state index in [0.29, 0.717) is 0 Å². The molecule has 0 amide bonds. The van der Waals surface area contributed by atoms with Gasteiger partial charge in [0.25, 0.3) is 0 Å². The number of nitrogens with zero attached hydrogens (tertiary/aromatic N) is 1. The lowest BCUT2D eigenvalue weighted by Crippen LogP contribution is -2.30. The van der Waals surface area contributed by atoms with E-state index in [2.05, 4.69) is 47.5 Å². The zero-order valence-electron chi connectivity index (χ0n) is 12.1. The molecule has 3 nitrogen and oxygen atoms in total. The van der Waals surface area contributed by atoms with Gasteiger partial charge in [-0.05, 0) is 30.2 Å². The zero-order valence-corrected chi connectivity index (χ0v) is 12.1. The Morgan fingerprint density at radius 3 is 2.90 bits per heavy atom. The molecule has 0 atom stereocenters. The van der Waals surface area contributed by atoms with Gasteiger partial charge in [-0.25, -0.2) is 0 Å². The molecule has 20 heavy (non-hydrogen) atoms. The molecule has 106 valence electrons. The van der Waals surface area contributed by atoms with Gasteiger partial charge < -0.3 is 9.73 Å². The lowest BCUT2D eigenvalue weighted by Gasteiger charge is -2.28. The summed E-state index contributed by atoms with van der Waals surface area (Å²) in [7, 11) is 0. The maximum atomic E-state index is 5.67. The van der Waals surface area contributed by atoms with Crippen LogP contribution in [0.5, 0.6) is 0 Å². The molecule has 0 saturated heterocycles.